The van der Waals surface area contributed by atoms with Gasteiger partial charge >= 0.3 is 12.6 Å². The minimum atomic E-state index is -4.32. The number of esters is 1. The summed E-state index contributed by atoms with van der Waals surface area (Å²) in [6, 6.07) is 8.07. The molecule has 264 valence electrons. The van der Waals surface area contributed by atoms with Gasteiger partial charge in [-0.2, -0.15) is 13.1 Å². The molecule has 0 spiro atoms. The number of aromatic nitrogens is 1. The van der Waals surface area contributed by atoms with Gasteiger partial charge in [0.15, 0.2) is 16.9 Å². The number of halogens is 4. The number of alkyl halides is 2. The minimum Gasteiger partial charge on any atom is -0.496 e. The van der Waals surface area contributed by atoms with E-state index in [1.807, 2.05) is 0 Å². The number of thioether (sulfide) groups is 1. The van der Waals surface area contributed by atoms with Gasteiger partial charge in [0.1, 0.15) is 11.9 Å². The van der Waals surface area contributed by atoms with Crippen LogP contribution in [0.1, 0.15) is 40.4 Å². The van der Waals surface area contributed by atoms with Crippen molar-refractivity contribution < 1.29 is 45.7 Å². The van der Waals surface area contributed by atoms with Gasteiger partial charge in [0.05, 0.1) is 34.2 Å². The van der Waals surface area contributed by atoms with Gasteiger partial charge in [-0.1, -0.05) is 29.3 Å². The molecule has 3 aromatic rings. The third-order valence-electron chi connectivity index (χ3n) is 7.79. The van der Waals surface area contributed by atoms with Crippen LogP contribution in [0.5, 0.6) is 17.2 Å². The molecular weight excluding hydrogens is 727 g/mol. The number of nitrogens with zero attached hydrogens (tertiary/aromatic N) is 3. The van der Waals surface area contributed by atoms with Crippen molar-refractivity contribution in [1.29, 1.82) is 0 Å². The zero-order chi connectivity index (χ0) is 35.5. The van der Waals surface area contributed by atoms with Crippen molar-refractivity contribution in [2.75, 3.05) is 40.1 Å². The number of carbonyl (C=O) groups is 2. The summed E-state index contributed by atoms with van der Waals surface area (Å²) in [5.41, 5.74) is 0.762. The van der Waals surface area contributed by atoms with E-state index in [1.54, 1.807) is 0 Å². The topological polar surface area (TPSA) is 125 Å². The zero-order valence-electron chi connectivity index (χ0n) is 26.6. The Morgan fingerprint density at radius 3 is 2.39 bits per heavy atom. The first kappa shape index (κ1) is 36.9. The predicted molar refractivity (Wildman–Crippen MR) is 179 cm³/mol. The van der Waals surface area contributed by atoms with Crippen LogP contribution in [0.4, 0.5) is 8.78 Å². The predicted octanol–water partition coefficient (Wildman–Crippen LogP) is 6.08. The summed E-state index contributed by atoms with van der Waals surface area (Å²) >= 11 is 13.9. The van der Waals surface area contributed by atoms with Crippen LogP contribution in [0.2, 0.25) is 10.0 Å². The molecule has 2 fully saturated rings. The average Bonchev–Trinajstić information content (AvgIpc) is 3.76. The van der Waals surface area contributed by atoms with Crippen molar-refractivity contribution in [3.05, 3.63) is 75.5 Å². The van der Waals surface area contributed by atoms with E-state index in [1.165, 1.54) is 74.9 Å². The highest BCUT2D eigenvalue weighted by atomic mass is 35.5. The molecule has 1 unspecified atom stereocenters. The maximum absolute atomic E-state index is 13.9. The summed E-state index contributed by atoms with van der Waals surface area (Å²) in [5.74, 6) is -0.762. The van der Waals surface area contributed by atoms with Gasteiger partial charge in [-0.05, 0) is 60.2 Å². The molecule has 1 saturated carbocycles. The number of hydrogen-bond donors (Lipinski definition) is 0. The standard InChI is InChI=1S/C32H33Cl2F2N3O8S2/c1-38(2)29(40)22-13-20(7-9-25(22)44-3)49(42,43)39-10-11-48-30(39)31(41)46-27(14-21-23(33)15-37-16-24(21)34)19-6-8-26(47-32(35)36)28(12-19)45-17-18-4-5-18/h6-9,12-13,15-16,18,27,30,32H,4-5,10-11,14,17H2,1-3H3/t27-,30?/m0/s1. The first-order chi connectivity index (χ1) is 23.3. The molecule has 49 heavy (non-hydrogen) atoms. The van der Waals surface area contributed by atoms with E-state index in [0.29, 0.717) is 17.0 Å². The number of sulfonamides is 1. The van der Waals surface area contributed by atoms with Gasteiger partial charge in [0, 0.05) is 45.2 Å². The summed E-state index contributed by atoms with van der Waals surface area (Å²) in [6.07, 6.45) is 3.46. The van der Waals surface area contributed by atoms with Gasteiger partial charge < -0.3 is 23.8 Å². The molecule has 0 radical (unpaired) electrons. The molecule has 5 rings (SSSR count). The van der Waals surface area contributed by atoms with Crippen LogP contribution in [0, 0.1) is 5.92 Å². The van der Waals surface area contributed by atoms with Crippen molar-refractivity contribution in [1.82, 2.24) is 14.2 Å². The molecule has 0 bridgehead atoms. The Kier molecular flexibility index (Phi) is 11.8. The maximum Gasteiger partial charge on any atom is 0.387 e. The number of carbonyl (C=O) groups excluding carboxylic acids is 2. The molecule has 0 N–H and O–H groups in total. The molecule has 1 aromatic heterocycles. The van der Waals surface area contributed by atoms with E-state index in [4.69, 9.17) is 37.4 Å². The molecular formula is C32H33Cl2F2N3O8S2. The van der Waals surface area contributed by atoms with Gasteiger partial charge in [-0.3, -0.25) is 9.78 Å². The van der Waals surface area contributed by atoms with E-state index in [0.717, 1.165) is 28.9 Å². The molecule has 17 heteroatoms. The van der Waals surface area contributed by atoms with E-state index >= 15 is 0 Å². The second kappa shape index (κ2) is 15.7. The number of rotatable bonds is 14. The summed E-state index contributed by atoms with van der Waals surface area (Å²) in [7, 11) is 0.0944. The Morgan fingerprint density at radius 1 is 1.06 bits per heavy atom. The average molecular weight is 761 g/mol. The number of amides is 1. The smallest absolute Gasteiger partial charge is 0.387 e. The lowest BCUT2D eigenvalue weighted by atomic mass is 10.0. The highest BCUT2D eigenvalue weighted by molar-refractivity contribution is 8.02. The molecule has 1 saturated heterocycles. The third kappa shape index (κ3) is 8.69. The second-order valence-corrected chi connectivity index (χ2v) is 15.3. The SMILES string of the molecule is COc1ccc(S(=O)(=O)N2CCSC2C(=O)O[C@@H](Cc2c(Cl)cncc2Cl)c2ccc(OC(F)F)c(OCC3CC3)c2)cc1C(=O)N(C)C. The lowest BCUT2D eigenvalue weighted by Crippen LogP contribution is -2.40. The molecule has 2 atom stereocenters. The first-order valence-corrected chi connectivity index (χ1v) is 18.3. The molecule has 2 aliphatic rings. The fourth-order valence-electron chi connectivity index (χ4n) is 5.05. The summed E-state index contributed by atoms with van der Waals surface area (Å²) < 4.78 is 77.1. The van der Waals surface area contributed by atoms with Crippen LogP contribution in [-0.4, -0.2) is 86.6 Å². The van der Waals surface area contributed by atoms with Crippen LogP contribution >= 0.6 is 35.0 Å². The quantitative estimate of drug-likeness (QED) is 0.179. The highest BCUT2D eigenvalue weighted by Crippen LogP contribution is 2.39. The number of pyridine rings is 1. The monoisotopic (exact) mass is 759 g/mol. The van der Waals surface area contributed by atoms with E-state index in [2.05, 4.69) is 9.72 Å². The molecule has 1 aliphatic heterocycles. The lowest BCUT2D eigenvalue weighted by molar-refractivity contribution is -0.150. The van der Waals surface area contributed by atoms with Crippen molar-refractivity contribution >= 4 is 56.9 Å². The Labute approximate surface area is 296 Å². The fourth-order valence-corrected chi connectivity index (χ4v) is 8.64. The first-order valence-electron chi connectivity index (χ1n) is 15.0. The van der Waals surface area contributed by atoms with Crippen LogP contribution < -0.4 is 14.2 Å². The normalized spacial score (nSPS) is 17.1. The Balaban J connectivity index is 1.47. The third-order valence-corrected chi connectivity index (χ3v) is 11.6. The van der Waals surface area contributed by atoms with Crippen LogP contribution in [0.15, 0.2) is 53.7 Å². The summed E-state index contributed by atoms with van der Waals surface area (Å²) in [5, 5.41) is -0.908. The number of hydrogen-bond acceptors (Lipinski definition) is 10. The van der Waals surface area contributed by atoms with Crippen molar-refractivity contribution in [3.63, 3.8) is 0 Å². The zero-order valence-corrected chi connectivity index (χ0v) is 29.8. The van der Waals surface area contributed by atoms with Gasteiger partial charge in [0.2, 0.25) is 10.0 Å². The molecule has 11 nitrogen and oxygen atoms in total. The van der Waals surface area contributed by atoms with Crippen molar-refractivity contribution in [3.8, 4) is 17.2 Å². The Hall–Kier alpha value is -3.37. The Morgan fingerprint density at radius 2 is 1.76 bits per heavy atom. The van der Waals surface area contributed by atoms with Crippen LogP contribution in [-0.2, 0) is 26.0 Å². The van der Waals surface area contributed by atoms with Gasteiger partial charge in [0.25, 0.3) is 5.91 Å². The number of ether oxygens (including phenoxy) is 4. The highest BCUT2D eigenvalue weighted by Gasteiger charge is 2.42. The second-order valence-electron chi connectivity index (χ2n) is 11.5. The molecule has 2 aromatic carbocycles. The van der Waals surface area contributed by atoms with Gasteiger partial charge in [-0.25, -0.2) is 13.2 Å². The molecule has 1 amide bonds. The fraction of sp³-hybridized carbons (Fsp3) is 0.406. The minimum absolute atomic E-state index is 0.0126. The molecule has 1 aliphatic carbocycles. The number of methoxy groups -OCH3 is 1. The van der Waals surface area contributed by atoms with Gasteiger partial charge in [-0.15, -0.1) is 11.8 Å². The maximum atomic E-state index is 13.9. The van der Waals surface area contributed by atoms with Crippen LogP contribution in [0.25, 0.3) is 0 Å². The summed E-state index contributed by atoms with van der Waals surface area (Å²) in [4.78, 5) is 31.7. The van der Waals surface area contributed by atoms with Crippen molar-refractivity contribution in [2.45, 2.75) is 42.2 Å². The van der Waals surface area contributed by atoms with E-state index < -0.39 is 40.0 Å². The van der Waals surface area contributed by atoms with Crippen LogP contribution in [0.3, 0.4) is 0 Å². The van der Waals surface area contributed by atoms with E-state index in [9.17, 15) is 26.8 Å². The summed E-state index contributed by atoms with van der Waals surface area (Å²) in [6.45, 7) is -2.83. The lowest BCUT2D eigenvalue weighted by Gasteiger charge is -2.26. The number of benzene rings is 2. The van der Waals surface area contributed by atoms with E-state index in [-0.39, 0.29) is 63.1 Å². The van der Waals surface area contributed by atoms with Crippen molar-refractivity contribution in [2.24, 2.45) is 5.92 Å². The largest absolute Gasteiger partial charge is 0.496 e. The molecule has 2 heterocycles. The Bertz CT molecular complexity index is 1790.